The number of nitrogens with zero attached hydrogens (tertiary/aromatic N) is 2. The molecule has 0 saturated heterocycles. The van der Waals surface area contributed by atoms with Crippen LogP contribution in [0.3, 0.4) is 0 Å². The molecule has 0 bridgehead atoms. The summed E-state index contributed by atoms with van der Waals surface area (Å²) in [5.41, 5.74) is -0.00774. The van der Waals surface area contributed by atoms with Crippen LogP contribution in [0.25, 0.3) is 0 Å². The zero-order valence-electron chi connectivity index (χ0n) is 10.5. The van der Waals surface area contributed by atoms with Gasteiger partial charge in [0.2, 0.25) is 0 Å². The SMILES string of the molecule is O=C(O)c1cccc(Cn2cc([N+](=O)[O-])cc(Br)c2=O)c1. The van der Waals surface area contributed by atoms with Crippen LogP contribution in [0.4, 0.5) is 5.69 Å². The van der Waals surface area contributed by atoms with Crippen LogP contribution in [0.15, 0.2) is 45.8 Å². The van der Waals surface area contributed by atoms with Gasteiger partial charge in [0.05, 0.1) is 27.7 Å². The van der Waals surface area contributed by atoms with Gasteiger partial charge in [0.1, 0.15) is 0 Å². The number of carbonyl (C=O) groups is 1. The van der Waals surface area contributed by atoms with Crippen LogP contribution in [0.2, 0.25) is 0 Å². The zero-order valence-corrected chi connectivity index (χ0v) is 12.1. The maximum atomic E-state index is 11.9. The molecule has 0 atom stereocenters. The van der Waals surface area contributed by atoms with Gasteiger partial charge in [-0.2, -0.15) is 0 Å². The van der Waals surface area contributed by atoms with E-state index in [1.807, 2.05) is 0 Å². The molecule has 0 fully saturated rings. The first kappa shape index (κ1) is 14.9. The quantitative estimate of drug-likeness (QED) is 0.671. The Balaban J connectivity index is 2.44. The molecule has 7 nitrogen and oxygen atoms in total. The molecular formula is C13H9BrN2O5. The number of rotatable bonds is 4. The van der Waals surface area contributed by atoms with E-state index in [9.17, 15) is 19.7 Å². The maximum absolute atomic E-state index is 11.9. The van der Waals surface area contributed by atoms with Gasteiger partial charge in [-0.1, -0.05) is 12.1 Å². The highest BCUT2D eigenvalue weighted by Gasteiger charge is 2.13. The normalized spacial score (nSPS) is 10.3. The lowest BCUT2D eigenvalue weighted by Gasteiger charge is -2.07. The highest BCUT2D eigenvalue weighted by atomic mass is 79.9. The van der Waals surface area contributed by atoms with Gasteiger partial charge in [-0.3, -0.25) is 14.9 Å². The second-order valence-corrected chi connectivity index (χ2v) is 5.10. The molecule has 1 heterocycles. The van der Waals surface area contributed by atoms with Crippen molar-refractivity contribution in [2.45, 2.75) is 6.54 Å². The molecule has 2 rings (SSSR count). The van der Waals surface area contributed by atoms with Crippen molar-refractivity contribution < 1.29 is 14.8 Å². The Hall–Kier alpha value is -2.48. The van der Waals surface area contributed by atoms with Gasteiger partial charge >= 0.3 is 5.97 Å². The molecule has 1 aromatic carbocycles. The number of hydrogen-bond donors (Lipinski definition) is 1. The predicted molar refractivity (Wildman–Crippen MR) is 77.6 cm³/mol. The molecule has 0 radical (unpaired) electrons. The first-order chi connectivity index (χ1) is 9.88. The van der Waals surface area contributed by atoms with E-state index in [-0.39, 0.29) is 22.3 Å². The topological polar surface area (TPSA) is 102 Å². The summed E-state index contributed by atoms with van der Waals surface area (Å²) in [6, 6.07) is 7.17. The molecule has 0 amide bonds. The fourth-order valence-corrected chi connectivity index (χ4v) is 2.26. The second kappa shape index (κ2) is 5.88. The number of halogens is 1. The van der Waals surface area contributed by atoms with E-state index in [0.29, 0.717) is 5.56 Å². The van der Waals surface area contributed by atoms with Crippen LogP contribution in [0, 0.1) is 10.1 Å². The fraction of sp³-hybridized carbons (Fsp3) is 0.0769. The summed E-state index contributed by atoms with van der Waals surface area (Å²) in [4.78, 5) is 33.0. The molecule has 0 aliphatic heterocycles. The lowest BCUT2D eigenvalue weighted by Crippen LogP contribution is -2.21. The minimum Gasteiger partial charge on any atom is -0.478 e. The van der Waals surface area contributed by atoms with Crippen molar-refractivity contribution >= 4 is 27.6 Å². The Kier molecular flexibility index (Phi) is 4.18. The third-order valence-corrected chi connectivity index (χ3v) is 3.33. The zero-order chi connectivity index (χ0) is 15.6. The number of nitro groups is 1. The van der Waals surface area contributed by atoms with Crippen LogP contribution in [-0.4, -0.2) is 20.6 Å². The van der Waals surface area contributed by atoms with Gasteiger partial charge in [0, 0.05) is 6.07 Å². The van der Waals surface area contributed by atoms with Crippen molar-refractivity contribution in [3.05, 3.63) is 72.6 Å². The Bertz CT molecular complexity index is 784. The molecule has 108 valence electrons. The highest BCUT2D eigenvalue weighted by molar-refractivity contribution is 9.10. The average Bonchev–Trinajstić information content (AvgIpc) is 2.43. The molecule has 1 N–H and O–H groups in total. The molecular weight excluding hydrogens is 344 g/mol. The standard InChI is InChI=1S/C13H9BrN2O5/c14-11-5-10(16(20)21)7-15(12(11)17)6-8-2-1-3-9(4-8)13(18)19/h1-5,7H,6H2,(H,18,19). The van der Waals surface area contributed by atoms with E-state index in [1.54, 1.807) is 12.1 Å². The molecule has 2 aromatic rings. The lowest BCUT2D eigenvalue weighted by molar-refractivity contribution is -0.385. The molecule has 0 spiro atoms. The Morgan fingerprint density at radius 2 is 2.10 bits per heavy atom. The summed E-state index contributed by atoms with van der Waals surface area (Å²) in [7, 11) is 0. The van der Waals surface area contributed by atoms with Crippen LogP contribution >= 0.6 is 15.9 Å². The van der Waals surface area contributed by atoms with Gasteiger partial charge in [0.25, 0.3) is 11.2 Å². The van der Waals surface area contributed by atoms with Crippen molar-refractivity contribution in [3.8, 4) is 0 Å². The van der Waals surface area contributed by atoms with E-state index >= 15 is 0 Å². The fourth-order valence-electron chi connectivity index (χ4n) is 1.80. The summed E-state index contributed by atoms with van der Waals surface area (Å²) in [6.07, 6.45) is 1.13. The first-order valence-electron chi connectivity index (χ1n) is 5.75. The van der Waals surface area contributed by atoms with Gasteiger partial charge < -0.3 is 9.67 Å². The predicted octanol–water partition coefficient (Wildman–Crippen LogP) is 2.27. The molecule has 0 saturated carbocycles. The molecule has 0 aliphatic rings. The monoisotopic (exact) mass is 352 g/mol. The van der Waals surface area contributed by atoms with Crippen molar-refractivity contribution in [1.29, 1.82) is 0 Å². The van der Waals surface area contributed by atoms with E-state index in [4.69, 9.17) is 5.11 Å². The molecule has 1 aromatic heterocycles. The van der Waals surface area contributed by atoms with Crippen LogP contribution in [0.1, 0.15) is 15.9 Å². The summed E-state index contributed by atoms with van der Waals surface area (Å²) in [5, 5.41) is 19.7. The first-order valence-corrected chi connectivity index (χ1v) is 6.54. The van der Waals surface area contributed by atoms with Crippen molar-refractivity contribution in [1.82, 2.24) is 4.57 Å². The maximum Gasteiger partial charge on any atom is 0.335 e. The number of carboxylic acid groups (broad SMARTS) is 1. The third-order valence-electron chi connectivity index (χ3n) is 2.77. The third kappa shape index (κ3) is 3.34. The van der Waals surface area contributed by atoms with E-state index in [2.05, 4.69) is 15.9 Å². The second-order valence-electron chi connectivity index (χ2n) is 4.24. The van der Waals surface area contributed by atoms with Gasteiger partial charge in [-0.25, -0.2) is 4.79 Å². The molecule has 0 aliphatic carbocycles. The van der Waals surface area contributed by atoms with E-state index in [1.165, 1.54) is 12.1 Å². The van der Waals surface area contributed by atoms with Gasteiger partial charge in [-0.15, -0.1) is 0 Å². The van der Waals surface area contributed by atoms with Crippen LogP contribution in [0.5, 0.6) is 0 Å². The molecule has 0 unspecified atom stereocenters. The minimum atomic E-state index is -1.08. The minimum absolute atomic E-state index is 0.0419. The van der Waals surface area contributed by atoms with Crippen molar-refractivity contribution in [3.63, 3.8) is 0 Å². The summed E-state index contributed by atoms with van der Waals surface area (Å²) >= 11 is 2.98. The lowest BCUT2D eigenvalue weighted by atomic mass is 10.1. The molecule has 21 heavy (non-hydrogen) atoms. The number of benzene rings is 1. The van der Waals surface area contributed by atoms with Gasteiger partial charge in [-0.05, 0) is 33.6 Å². The van der Waals surface area contributed by atoms with Crippen LogP contribution < -0.4 is 5.56 Å². The number of carboxylic acids is 1. The molecule has 8 heteroatoms. The summed E-state index contributed by atoms with van der Waals surface area (Å²) in [5.74, 6) is -1.08. The van der Waals surface area contributed by atoms with E-state index in [0.717, 1.165) is 16.8 Å². The Morgan fingerprint density at radius 3 is 2.71 bits per heavy atom. The average molecular weight is 353 g/mol. The Morgan fingerprint density at radius 1 is 1.38 bits per heavy atom. The van der Waals surface area contributed by atoms with Crippen LogP contribution in [-0.2, 0) is 6.54 Å². The highest BCUT2D eigenvalue weighted by Crippen LogP contribution is 2.15. The summed E-state index contributed by atoms with van der Waals surface area (Å²) < 4.78 is 1.23. The van der Waals surface area contributed by atoms with Crippen molar-refractivity contribution in [2.24, 2.45) is 0 Å². The Labute approximate surface area is 126 Å². The number of hydrogen-bond acceptors (Lipinski definition) is 4. The summed E-state index contributed by atoms with van der Waals surface area (Å²) in [6.45, 7) is 0.0419. The van der Waals surface area contributed by atoms with E-state index < -0.39 is 16.5 Å². The van der Waals surface area contributed by atoms with Crippen molar-refractivity contribution in [2.75, 3.05) is 0 Å². The number of aromatic carboxylic acids is 1. The number of pyridine rings is 1. The van der Waals surface area contributed by atoms with Gasteiger partial charge in [0.15, 0.2) is 0 Å². The number of aromatic nitrogens is 1. The smallest absolute Gasteiger partial charge is 0.335 e. The largest absolute Gasteiger partial charge is 0.478 e.